The summed E-state index contributed by atoms with van der Waals surface area (Å²) in [6.45, 7) is 4.71. The minimum absolute atomic E-state index is 0.0854. The molecule has 1 aliphatic carbocycles. The normalized spacial score (nSPS) is 14.8. The van der Waals surface area contributed by atoms with Crippen LogP contribution < -0.4 is 5.32 Å². The molecule has 0 saturated heterocycles. The summed E-state index contributed by atoms with van der Waals surface area (Å²) in [6, 6.07) is 25.5. The van der Waals surface area contributed by atoms with Crippen LogP contribution >= 0.6 is 0 Å². The standard InChI is InChI=1S/C32H36N4O2/c1-23-17-19-26(20-18-23)32(38)33-24(2)31-34-28-15-9-10-16-29(28)36(31)22-30(37)35(27-13-7-4-8-14-27)21-25-11-5-3-6-12-25/h3,5-6,9-12,15-20,24,27H,4,7-8,13-14,21-22H2,1-2H3,(H,33,38). The molecule has 0 bridgehead atoms. The fourth-order valence-electron chi connectivity index (χ4n) is 5.46. The van der Waals surface area contributed by atoms with Crippen molar-refractivity contribution in [1.82, 2.24) is 19.8 Å². The Kier molecular flexibility index (Phi) is 7.87. The molecule has 1 fully saturated rings. The molecule has 1 aromatic heterocycles. The largest absolute Gasteiger partial charge is 0.342 e. The van der Waals surface area contributed by atoms with Crippen LogP contribution in [0.5, 0.6) is 0 Å². The van der Waals surface area contributed by atoms with Gasteiger partial charge < -0.3 is 14.8 Å². The van der Waals surface area contributed by atoms with E-state index in [4.69, 9.17) is 4.98 Å². The highest BCUT2D eigenvalue weighted by Crippen LogP contribution is 2.26. The van der Waals surface area contributed by atoms with Crippen LogP contribution in [0.4, 0.5) is 0 Å². The van der Waals surface area contributed by atoms with E-state index in [0.717, 1.165) is 47.8 Å². The maximum atomic E-state index is 14.0. The molecule has 0 radical (unpaired) electrons. The monoisotopic (exact) mass is 508 g/mol. The molecule has 3 aromatic carbocycles. The van der Waals surface area contributed by atoms with Crippen LogP contribution in [0.25, 0.3) is 11.0 Å². The molecule has 196 valence electrons. The zero-order chi connectivity index (χ0) is 26.5. The van der Waals surface area contributed by atoms with Crippen LogP contribution in [0, 0.1) is 6.92 Å². The molecule has 1 atom stereocenters. The number of hydrogen-bond acceptors (Lipinski definition) is 3. The van der Waals surface area contributed by atoms with Gasteiger partial charge >= 0.3 is 0 Å². The number of aromatic nitrogens is 2. The molecular weight excluding hydrogens is 472 g/mol. The molecule has 38 heavy (non-hydrogen) atoms. The van der Waals surface area contributed by atoms with E-state index in [2.05, 4.69) is 22.3 Å². The molecule has 0 aliphatic heterocycles. The summed E-state index contributed by atoms with van der Waals surface area (Å²) >= 11 is 0. The number of nitrogens with zero attached hydrogens (tertiary/aromatic N) is 3. The first-order chi connectivity index (χ1) is 18.5. The molecule has 0 spiro atoms. The zero-order valence-corrected chi connectivity index (χ0v) is 22.3. The van der Waals surface area contributed by atoms with Crippen LogP contribution in [0.3, 0.4) is 0 Å². The SMILES string of the molecule is Cc1ccc(C(=O)NC(C)c2nc3ccccc3n2CC(=O)N(Cc2ccccc2)C2CCCCC2)cc1. The second kappa shape index (κ2) is 11.6. The van der Waals surface area contributed by atoms with Crippen LogP contribution in [0.15, 0.2) is 78.9 Å². The van der Waals surface area contributed by atoms with Crippen LogP contribution in [-0.2, 0) is 17.9 Å². The Labute approximate surface area is 224 Å². The molecule has 1 aliphatic rings. The number of benzene rings is 3. The van der Waals surface area contributed by atoms with E-state index in [0.29, 0.717) is 17.9 Å². The highest BCUT2D eigenvalue weighted by molar-refractivity contribution is 5.94. The number of imidazole rings is 1. The summed E-state index contributed by atoms with van der Waals surface area (Å²) < 4.78 is 1.98. The van der Waals surface area contributed by atoms with Crippen molar-refractivity contribution >= 4 is 22.8 Å². The van der Waals surface area contributed by atoms with Crippen molar-refractivity contribution in [3.05, 3.63) is 101 Å². The van der Waals surface area contributed by atoms with E-state index < -0.39 is 0 Å². The second-order valence-electron chi connectivity index (χ2n) is 10.4. The molecule has 6 nitrogen and oxygen atoms in total. The lowest BCUT2D eigenvalue weighted by Gasteiger charge is -2.35. The van der Waals surface area contributed by atoms with Crippen molar-refractivity contribution in [1.29, 1.82) is 0 Å². The van der Waals surface area contributed by atoms with Crippen LogP contribution in [0.1, 0.15) is 72.4 Å². The topological polar surface area (TPSA) is 67.2 Å². The molecule has 5 rings (SSSR count). The molecule has 1 unspecified atom stereocenters. The smallest absolute Gasteiger partial charge is 0.251 e. The lowest BCUT2D eigenvalue weighted by atomic mass is 9.93. The fourth-order valence-corrected chi connectivity index (χ4v) is 5.46. The van der Waals surface area contributed by atoms with Crippen molar-refractivity contribution in [2.75, 3.05) is 0 Å². The summed E-state index contributed by atoms with van der Waals surface area (Å²) in [5.41, 5.74) is 4.57. The first-order valence-corrected chi connectivity index (χ1v) is 13.7. The third-order valence-corrected chi connectivity index (χ3v) is 7.56. The molecule has 2 amide bonds. The third kappa shape index (κ3) is 5.80. The second-order valence-corrected chi connectivity index (χ2v) is 10.4. The quantitative estimate of drug-likeness (QED) is 0.308. The third-order valence-electron chi connectivity index (χ3n) is 7.56. The molecule has 1 heterocycles. The maximum absolute atomic E-state index is 14.0. The van der Waals surface area contributed by atoms with E-state index in [1.54, 1.807) is 0 Å². The number of hydrogen-bond donors (Lipinski definition) is 1. The molecule has 6 heteroatoms. The van der Waals surface area contributed by atoms with E-state index in [9.17, 15) is 9.59 Å². The first-order valence-electron chi connectivity index (χ1n) is 13.7. The highest BCUT2D eigenvalue weighted by Gasteiger charge is 2.28. The molecule has 1 N–H and O–H groups in total. The van der Waals surface area contributed by atoms with Crippen LogP contribution in [-0.4, -0.2) is 32.3 Å². The summed E-state index contributed by atoms with van der Waals surface area (Å²) in [4.78, 5) is 33.9. The molecule has 1 saturated carbocycles. The summed E-state index contributed by atoms with van der Waals surface area (Å²) in [5.74, 6) is 0.612. The fraction of sp³-hybridized carbons (Fsp3) is 0.344. The summed E-state index contributed by atoms with van der Waals surface area (Å²) in [6.07, 6.45) is 5.63. The Bertz CT molecular complexity index is 1390. The van der Waals surface area contributed by atoms with Gasteiger partial charge in [0, 0.05) is 18.2 Å². The van der Waals surface area contributed by atoms with Gasteiger partial charge in [-0.3, -0.25) is 9.59 Å². The average molecular weight is 509 g/mol. The van der Waals surface area contributed by atoms with Gasteiger partial charge in [-0.05, 0) is 56.5 Å². The lowest BCUT2D eigenvalue weighted by molar-refractivity contribution is -0.135. The minimum Gasteiger partial charge on any atom is -0.342 e. The highest BCUT2D eigenvalue weighted by atomic mass is 16.2. The van der Waals surface area contributed by atoms with E-state index in [1.165, 1.54) is 6.42 Å². The zero-order valence-electron chi connectivity index (χ0n) is 22.3. The Balaban J connectivity index is 1.42. The maximum Gasteiger partial charge on any atom is 0.251 e. The van der Waals surface area contributed by atoms with Gasteiger partial charge in [0.1, 0.15) is 12.4 Å². The van der Waals surface area contributed by atoms with Gasteiger partial charge in [0.2, 0.25) is 5.91 Å². The average Bonchev–Trinajstić information content (AvgIpc) is 3.31. The van der Waals surface area contributed by atoms with Gasteiger partial charge in [-0.25, -0.2) is 4.98 Å². The molecular formula is C32H36N4O2. The van der Waals surface area contributed by atoms with E-state index >= 15 is 0 Å². The number of amides is 2. The minimum atomic E-state index is -0.374. The number of para-hydroxylation sites is 2. The first kappa shape index (κ1) is 25.7. The van der Waals surface area contributed by atoms with Gasteiger partial charge in [0.05, 0.1) is 17.1 Å². The van der Waals surface area contributed by atoms with Gasteiger partial charge in [-0.1, -0.05) is 79.4 Å². The summed E-state index contributed by atoms with van der Waals surface area (Å²) in [7, 11) is 0. The number of rotatable bonds is 8. The number of nitrogens with one attached hydrogen (secondary N) is 1. The van der Waals surface area contributed by atoms with E-state index in [1.807, 2.05) is 85.1 Å². The van der Waals surface area contributed by atoms with Crippen LogP contribution in [0.2, 0.25) is 0 Å². The van der Waals surface area contributed by atoms with Gasteiger partial charge in [-0.15, -0.1) is 0 Å². The Hall–Kier alpha value is -3.93. The van der Waals surface area contributed by atoms with Crippen molar-refractivity contribution in [2.45, 2.75) is 71.1 Å². The number of fused-ring (bicyclic) bond motifs is 1. The summed E-state index contributed by atoms with van der Waals surface area (Å²) in [5, 5.41) is 3.09. The lowest BCUT2D eigenvalue weighted by Crippen LogP contribution is -2.43. The van der Waals surface area contributed by atoms with Gasteiger partial charge in [-0.2, -0.15) is 0 Å². The molecule has 4 aromatic rings. The number of carbonyl (C=O) groups is 2. The van der Waals surface area contributed by atoms with Gasteiger partial charge in [0.25, 0.3) is 5.91 Å². The van der Waals surface area contributed by atoms with E-state index in [-0.39, 0.29) is 30.4 Å². The Morgan fingerprint density at radius 2 is 1.63 bits per heavy atom. The Morgan fingerprint density at radius 3 is 2.37 bits per heavy atom. The van der Waals surface area contributed by atoms with Crippen molar-refractivity contribution < 1.29 is 9.59 Å². The van der Waals surface area contributed by atoms with Crippen molar-refractivity contribution in [2.24, 2.45) is 0 Å². The van der Waals surface area contributed by atoms with Gasteiger partial charge in [0.15, 0.2) is 0 Å². The van der Waals surface area contributed by atoms with Crippen molar-refractivity contribution in [3.63, 3.8) is 0 Å². The predicted molar refractivity (Wildman–Crippen MR) is 151 cm³/mol. The predicted octanol–water partition coefficient (Wildman–Crippen LogP) is 6.20. The number of aryl methyl sites for hydroxylation is 1. The Morgan fingerprint density at radius 1 is 0.947 bits per heavy atom. The number of carbonyl (C=O) groups excluding carboxylic acids is 2. The van der Waals surface area contributed by atoms with Crippen molar-refractivity contribution in [3.8, 4) is 0 Å².